The van der Waals surface area contributed by atoms with E-state index in [0.717, 1.165) is 38.8 Å². The molecule has 33 heavy (non-hydrogen) atoms. The molecule has 1 amide bonds. The molecule has 2 aromatic heterocycles. The molecule has 2 heterocycles. The summed E-state index contributed by atoms with van der Waals surface area (Å²) in [6.45, 7) is 0. The van der Waals surface area contributed by atoms with Crippen molar-refractivity contribution >= 4 is 22.2 Å². The van der Waals surface area contributed by atoms with Gasteiger partial charge in [0.1, 0.15) is 5.75 Å². The van der Waals surface area contributed by atoms with E-state index in [1.807, 2.05) is 101 Å². The van der Waals surface area contributed by atoms with E-state index in [1.165, 1.54) is 11.3 Å². The van der Waals surface area contributed by atoms with Crippen molar-refractivity contribution in [3.8, 4) is 17.0 Å². The number of amides is 1. The number of thiazole rings is 1. The monoisotopic (exact) mass is 453 g/mol. The van der Waals surface area contributed by atoms with Gasteiger partial charge in [0.2, 0.25) is 5.91 Å². The number of carbonyl (C=O) groups is 1. The van der Waals surface area contributed by atoms with E-state index < -0.39 is 0 Å². The van der Waals surface area contributed by atoms with Crippen LogP contribution in [0.2, 0.25) is 0 Å². The Morgan fingerprint density at radius 3 is 2.21 bits per heavy atom. The number of methoxy groups -OCH3 is 1. The lowest BCUT2D eigenvalue weighted by Crippen LogP contribution is -2.30. The van der Waals surface area contributed by atoms with Crippen LogP contribution in [0.4, 0.5) is 0 Å². The fourth-order valence-corrected chi connectivity index (χ4v) is 4.76. The minimum absolute atomic E-state index is 0.0351. The topological polar surface area (TPSA) is 55.6 Å². The van der Waals surface area contributed by atoms with Gasteiger partial charge in [-0.1, -0.05) is 60.7 Å². The molecule has 164 valence electrons. The molecule has 0 unspecified atom stereocenters. The molecule has 0 aliphatic heterocycles. The summed E-state index contributed by atoms with van der Waals surface area (Å²) in [6.07, 6.45) is 2.26. The number of rotatable bonds is 7. The molecule has 0 spiro atoms. The summed E-state index contributed by atoms with van der Waals surface area (Å²) >= 11 is 1.54. The molecule has 5 rings (SSSR count). The minimum Gasteiger partial charge on any atom is -0.497 e. The van der Waals surface area contributed by atoms with E-state index in [1.54, 1.807) is 7.11 Å². The van der Waals surface area contributed by atoms with Crippen LogP contribution in [0.15, 0.2) is 96.5 Å². The summed E-state index contributed by atoms with van der Waals surface area (Å²) in [5.74, 6) is 0.774. The lowest BCUT2D eigenvalue weighted by Gasteiger charge is -2.20. The number of imidazole rings is 1. The molecule has 0 atom stereocenters. The molecule has 1 N–H and O–H groups in total. The van der Waals surface area contributed by atoms with Crippen LogP contribution in [0.25, 0.3) is 16.2 Å². The molecular formula is C27H23N3O2S. The number of benzene rings is 3. The number of ether oxygens (including phenoxy) is 1. The van der Waals surface area contributed by atoms with Crippen molar-refractivity contribution in [1.82, 2.24) is 14.7 Å². The smallest absolute Gasteiger partial charge is 0.226 e. The van der Waals surface area contributed by atoms with Crippen LogP contribution in [-0.2, 0) is 11.2 Å². The van der Waals surface area contributed by atoms with Crippen LogP contribution in [0.5, 0.6) is 5.75 Å². The zero-order valence-electron chi connectivity index (χ0n) is 18.1. The van der Waals surface area contributed by atoms with Crippen LogP contribution in [0, 0.1) is 0 Å². The molecule has 5 aromatic rings. The number of fused-ring (bicyclic) bond motifs is 1. The van der Waals surface area contributed by atoms with Crippen LogP contribution < -0.4 is 10.1 Å². The van der Waals surface area contributed by atoms with E-state index in [2.05, 4.69) is 5.32 Å². The highest BCUT2D eigenvalue weighted by Gasteiger charge is 2.18. The molecule has 3 aromatic carbocycles. The standard InChI is InChI=1S/C27H23N3O2S/c1-32-23-14-12-19(13-15-23)24-17-30-22(18-33-27(30)28-24)16-25(31)29-26(20-8-4-2-5-9-20)21-10-6-3-7-11-21/h2-15,17-18,26H,16H2,1H3,(H,29,31). The van der Waals surface area contributed by atoms with Crippen LogP contribution in [0.1, 0.15) is 22.9 Å². The van der Waals surface area contributed by atoms with E-state index in [0.29, 0.717) is 0 Å². The predicted octanol–water partition coefficient (Wildman–Crippen LogP) is 5.52. The zero-order valence-corrected chi connectivity index (χ0v) is 19.0. The van der Waals surface area contributed by atoms with Gasteiger partial charge in [0.05, 0.1) is 25.3 Å². The first-order valence-corrected chi connectivity index (χ1v) is 11.6. The van der Waals surface area contributed by atoms with Crippen molar-refractivity contribution in [2.75, 3.05) is 7.11 Å². The Morgan fingerprint density at radius 2 is 1.61 bits per heavy atom. The van der Waals surface area contributed by atoms with Gasteiger partial charge in [-0.05, 0) is 35.4 Å². The second kappa shape index (κ2) is 9.30. The van der Waals surface area contributed by atoms with E-state index in [9.17, 15) is 4.79 Å². The quantitative estimate of drug-likeness (QED) is 0.353. The molecule has 0 bridgehead atoms. The van der Waals surface area contributed by atoms with Gasteiger partial charge in [-0.25, -0.2) is 4.98 Å². The number of aromatic nitrogens is 2. The van der Waals surface area contributed by atoms with Crippen LogP contribution in [-0.4, -0.2) is 22.4 Å². The number of nitrogens with zero attached hydrogens (tertiary/aromatic N) is 2. The SMILES string of the molecule is COc1ccc(-c2cn3c(CC(=O)NC(c4ccccc4)c4ccccc4)csc3n2)cc1. The molecule has 0 aliphatic rings. The Morgan fingerprint density at radius 1 is 0.970 bits per heavy atom. The number of hydrogen-bond acceptors (Lipinski definition) is 4. The van der Waals surface area contributed by atoms with Gasteiger partial charge in [-0.2, -0.15) is 0 Å². The third kappa shape index (κ3) is 4.52. The molecule has 0 saturated carbocycles. The lowest BCUT2D eigenvalue weighted by atomic mass is 9.98. The van der Waals surface area contributed by atoms with Gasteiger partial charge in [0.15, 0.2) is 4.96 Å². The average Bonchev–Trinajstić information content (AvgIpc) is 3.46. The fraction of sp³-hybridized carbons (Fsp3) is 0.111. The Balaban J connectivity index is 1.37. The van der Waals surface area contributed by atoms with Crippen molar-refractivity contribution in [2.45, 2.75) is 12.5 Å². The van der Waals surface area contributed by atoms with E-state index >= 15 is 0 Å². The van der Waals surface area contributed by atoms with Gasteiger partial charge in [-0.3, -0.25) is 9.20 Å². The minimum atomic E-state index is -0.202. The number of carbonyl (C=O) groups excluding carboxylic acids is 1. The van der Waals surface area contributed by atoms with Gasteiger partial charge in [0.25, 0.3) is 0 Å². The van der Waals surface area contributed by atoms with E-state index in [4.69, 9.17) is 9.72 Å². The van der Waals surface area contributed by atoms with Gasteiger partial charge in [0, 0.05) is 22.8 Å². The van der Waals surface area contributed by atoms with Crippen molar-refractivity contribution in [3.05, 3.63) is 113 Å². The largest absolute Gasteiger partial charge is 0.497 e. The number of hydrogen-bond donors (Lipinski definition) is 1. The normalized spacial score (nSPS) is 11.1. The van der Waals surface area contributed by atoms with Crippen molar-refractivity contribution in [2.24, 2.45) is 0 Å². The number of nitrogens with one attached hydrogen (secondary N) is 1. The molecular weight excluding hydrogens is 430 g/mol. The third-order valence-corrected chi connectivity index (χ3v) is 6.47. The fourth-order valence-electron chi connectivity index (χ4n) is 3.88. The summed E-state index contributed by atoms with van der Waals surface area (Å²) in [4.78, 5) is 18.7. The molecule has 5 nitrogen and oxygen atoms in total. The molecule has 0 saturated heterocycles. The average molecular weight is 454 g/mol. The Labute approximate surface area is 196 Å². The molecule has 0 radical (unpaired) electrons. The van der Waals surface area contributed by atoms with Crippen LogP contribution in [0.3, 0.4) is 0 Å². The summed E-state index contributed by atoms with van der Waals surface area (Å²) in [5.41, 5.74) is 4.90. The van der Waals surface area contributed by atoms with Gasteiger partial charge >= 0.3 is 0 Å². The first kappa shape index (κ1) is 21.0. The maximum absolute atomic E-state index is 13.1. The maximum atomic E-state index is 13.1. The van der Waals surface area contributed by atoms with E-state index in [-0.39, 0.29) is 18.4 Å². The second-order valence-electron chi connectivity index (χ2n) is 7.73. The summed E-state index contributed by atoms with van der Waals surface area (Å²) in [5, 5.41) is 5.22. The first-order chi connectivity index (χ1) is 16.2. The lowest BCUT2D eigenvalue weighted by molar-refractivity contribution is -0.121. The Hall–Kier alpha value is -3.90. The van der Waals surface area contributed by atoms with Crippen LogP contribution >= 0.6 is 11.3 Å². The highest BCUT2D eigenvalue weighted by atomic mass is 32.1. The predicted molar refractivity (Wildman–Crippen MR) is 132 cm³/mol. The second-order valence-corrected chi connectivity index (χ2v) is 8.57. The zero-order chi connectivity index (χ0) is 22.6. The molecule has 0 fully saturated rings. The van der Waals surface area contributed by atoms with Gasteiger partial charge in [-0.15, -0.1) is 11.3 Å². The van der Waals surface area contributed by atoms with Gasteiger partial charge < -0.3 is 10.1 Å². The maximum Gasteiger partial charge on any atom is 0.226 e. The van der Waals surface area contributed by atoms with Crippen molar-refractivity contribution in [3.63, 3.8) is 0 Å². The first-order valence-electron chi connectivity index (χ1n) is 10.7. The summed E-state index contributed by atoms with van der Waals surface area (Å²) < 4.78 is 7.24. The van der Waals surface area contributed by atoms with Crippen molar-refractivity contribution < 1.29 is 9.53 Å². The summed E-state index contributed by atoms with van der Waals surface area (Å²) in [6, 6.07) is 27.7. The molecule has 6 heteroatoms. The highest BCUT2D eigenvalue weighted by Crippen LogP contribution is 2.26. The van der Waals surface area contributed by atoms with Crippen molar-refractivity contribution in [1.29, 1.82) is 0 Å². The molecule has 0 aliphatic carbocycles. The summed E-state index contributed by atoms with van der Waals surface area (Å²) in [7, 11) is 1.65. The third-order valence-electron chi connectivity index (χ3n) is 5.58. The Kier molecular flexibility index (Phi) is 5.91. The highest BCUT2D eigenvalue weighted by molar-refractivity contribution is 7.15. The Bertz CT molecular complexity index is 1320.